The van der Waals surface area contributed by atoms with E-state index in [0.29, 0.717) is 0 Å². The number of H-pyrrole nitrogens is 1. The second kappa shape index (κ2) is 3.00. The first-order chi connectivity index (χ1) is 6.18. The summed E-state index contributed by atoms with van der Waals surface area (Å²) in [6.45, 7) is 1.83. The van der Waals surface area contributed by atoms with Crippen LogP contribution in [0.4, 0.5) is 0 Å². The van der Waals surface area contributed by atoms with Crippen LogP contribution in [0.15, 0.2) is 33.7 Å². The highest BCUT2D eigenvalue weighted by molar-refractivity contribution is 9.10. The van der Waals surface area contributed by atoms with Gasteiger partial charge in [0.2, 0.25) is 0 Å². The van der Waals surface area contributed by atoms with Gasteiger partial charge in [-0.2, -0.15) is 0 Å². The summed E-state index contributed by atoms with van der Waals surface area (Å²) in [7, 11) is 0. The second-order valence-corrected chi connectivity index (χ2v) is 3.89. The Kier molecular flexibility index (Phi) is 1.96. The molecule has 13 heavy (non-hydrogen) atoms. The topological polar surface area (TPSA) is 32.9 Å². The van der Waals surface area contributed by atoms with Gasteiger partial charge in [0.1, 0.15) is 0 Å². The van der Waals surface area contributed by atoms with Crippen LogP contribution in [-0.2, 0) is 0 Å². The van der Waals surface area contributed by atoms with Crippen LogP contribution in [0, 0.1) is 6.92 Å². The maximum Gasteiger partial charge on any atom is 0.251 e. The fourth-order valence-corrected chi connectivity index (χ4v) is 1.75. The number of aryl methyl sites for hydroxylation is 1. The molecule has 0 spiro atoms. The lowest BCUT2D eigenvalue weighted by molar-refractivity contribution is 1.21. The molecule has 0 saturated carbocycles. The molecule has 0 bridgehead atoms. The lowest BCUT2D eigenvalue weighted by Gasteiger charge is -2.00. The molecule has 1 aromatic heterocycles. The van der Waals surface area contributed by atoms with Gasteiger partial charge in [-0.1, -0.05) is 22.0 Å². The van der Waals surface area contributed by atoms with Crippen LogP contribution in [0.2, 0.25) is 0 Å². The van der Waals surface area contributed by atoms with Gasteiger partial charge in [0.15, 0.2) is 0 Å². The van der Waals surface area contributed by atoms with E-state index in [1.165, 1.54) is 0 Å². The zero-order valence-electron chi connectivity index (χ0n) is 7.10. The van der Waals surface area contributed by atoms with E-state index in [9.17, 15) is 4.79 Å². The third-order valence-electron chi connectivity index (χ3n) is 2.12. The van der Waals surface area contributed by atoms with Crippen molar-refractivity contribution in [2.45, 2.75) is 6.92 Å². The van der Waals surface area contributed by atoms with Crippen molar-refractivity contribution in [2.24, 2.45) is 0 Å². The number of halogens is 1. The number of pyridine rings is 1. The first-order valence-electron chi connectivity index (χ1n) is 3.96. The average Bonchev–Trinajstić information content (AvgIpc) is 2.12. The van der Waals surface area contributed by atoms with Crippen molar-refractivity contribution in [1.82, 2.24) is 4.98 Å². The molecule has 0 unspecified atom stereocenters. The first kappa shape index (κ1) is 8.51. The maximum absolute atomic E-state index is 11.3. The van der Waals surface area contributed by atoms with Gasteiger partial charge in [-0.3, -0.25) is 4.79 Å². The molecule has 2 rings (SSSR count). The summed E-state index contributed by atoms with van der Waals surface area (Å²) in [6.07, 6.45) is 1.73. The molecule has 0 amide bonds. The van der Waals surface area contributed by atoms with E-state index in [1.807, 2.05) is 25.1 Å². The summed E-state index contributed by atoms with van der Waals surface area (Å²) in [5, 5.41) is 2.05. The van der Waals surface area contributed by atoms with E-state index in [0.717, 1.165) is 20.8 Å². The van der Waals surface area contributed by atoms with Crippen LogP contribution < -0.4 is 5.56 Å². The van der Waals surface area contributed by atoms with Crippen molar-refractivity contribution in [3.8, 4) is 0 Å². The third-order valence-corrected chi connectivity index (χ3v) is 2.61. The summed E-state index contributed by atoms with van der Waals surface area (Å²) in [5.41, 5.74) is 0.750. The van der Waals surface area contributed by atoms with Crippen molar-refractivity contribution in [2.75, 3.05) is 0 Å². The number of hydrogen-bond donors (Lipinski definition) is 1. The fraction of sp³-hybridized carbons (Fsp3) is 0.100. The number of aromatic nitrogens is 1. The SMILES string of the molecule is Cc1c(=O)[nH]cc2cc(Br)ccc12. The Bertz CT molecular complexity index is 516. The molecule has 0 fully saturated rings. The Labute approximate surface area is 83.7 Å². The standard InChI is InChI=1S/C10H8BrNO/c1-6-9-3-2-8(11)4-7(9)5-12-10(6)13/h2-5H,1H3,(H,12,13). The molecule has 0 radical (unpaired) electrons. The number of hydrogen-bond acceptors (Lipinski definition) is 1. The largest absolute Gasteiger partial charge is 0.328 e. The van der Waals surface area contributed by atoms with Gasteiger partial charge in [-0.25, -0.2) is 0 Å². The first-order valence-corrected chi connectivity index (χ1v) is 4.75. The van der Waals surface area contributed by atoms with Crippen molar-refractivity contribution in [3.05, 3.63) is 44.8 Å². The number of aromatic amines is 1. The third kappa shape index (κ3) is 1.40. The van der Waals surface area contributed by atoms with Crippen molar-refractivity contribution in [3.63, 3.8) is 0 Å². The van der Waals surface area contributed by atoms with E-state index in [2.05, 4.69) is 20.9 Å². The minimum Gasteiger partial charge on any atom is -0.328 e. The number of fused-ring (bicyclic) bond motifs is 1. The highest BCUT2D eigenvalue weighted by Gasteiger charge is 2.00. The summed E-state index contributed by atoms with van der Waals surface area (Å²) < 4.78 is 1.02. The minimum atomic E-state index is -0.0187. The van der Waals surface area contributed by atoms with E-state index < -0.39 is 0 Å². The van der Waals surface area contributed by atoms with Crippen molar-refractivity contribution >= 4 is 26.7 Å². The molecular weight excluding hydrogens is 230 g/mol. The van der Waals surface area contributed by atoms with Gasteiger partial charge in [-0.05, 0) is 29.8 Å². The van der Waals surface area contributed by atoms with Crippen LogP contribution in [-0.4, -0.2) is 4.98 Å². The highest BCUT2D eigenvalue weighted by atomic mass is 79.9. The van der Waals surface area contributed by atoms with E-state index >= 15 is 0 Å². The molecular formula is C10H8BrNO. The lowest BCUT2D eigenvalue weighted by Crippen LogP contribution is -2.08. The summed E-state index contributed by atoms with van der Waals surface area (Å²) >= 11 is 3.38. The van der Waals surface area contributed by atoms with Gasteiger partial charge in [0.05, 0.1) is 0 Å². The molecule has 0 atom stereocenters. The molecule has 2 nitrogen and oxygen atoms in total. The molecule has 0 aliphatic rings. The molecule has 66 valence electrons. The van der Waals surface area contributed by atoms with E-state index in [-0.39, 0.29) is 5.56 Å². The second-order valence-electron chi connectivity index (χ2n) is 2.97. The van der Waals surface area contributed by atoms with Crippen molar-refractivity contribution in [1.29, 1.82) is 0 Å². The van der Waals surface area contributed by atoms with E-state index in [1.54, 1.807) is 6.20 Å². The zero-order valence-corrected chi connectivity index (χ0v) is 8.68. The minimum absolute atomic E-state index is 0.0187. The summed E-state index contributed by atoms with van der Waals surface area (Å²) in [6, 6.07) is 5.87. The number of benzene rings is 1. The Balaban J connectivity index is 2.95. The van der Waals surface area contributed by atoms with Gasteiger partial charge in [0.25, 0.3) is 5.56 Å². The van der Waals surface area contributed by atoms with Crippen LogP contribution in [0.3, 0.4) is 0 Å². The maximum atomic E-state index is 11.3. The molecule has 2 aromatic rings. The van der Waals surface area contributed by atoms with Gasteiger partial charge in [0, 0.05) is 16.2 Å². The molecule has 1 N–H and O–H groups in total. The quantitative estimate of drug-likeness (QED) is 0.751. The van der Waals surface area contributed by atoms with Crippen molar-refractivity contribution < 1.29 is 0 Å². The van der Waals surface area contributed by atoms with Crippen LogP contribution >= 0.6 is 15.9 Å². The zero-order chi connectivity index (χ0) is 9.42. The van der Waals surface area contributed by atoms with Gasteiger partial charge in [-0.15, -0.1) is 0 Å². The van der Waals surface area contributed by atoms with Gasteiger partial charge >= 0.3 is 0 Å². The predicted octanol–water partition coefficient (Wildman–Crippen LogP) is 2.60. The number of rotatable bonds is 0. The van der Waals surface area contributed by atoms with Gasteiger partial charge < -0.3 is 4.98 Å². The Morgan fingerprint density at radius 1 is 1.38 bits per heavy atom. The van der Waals surface area contributed by atoms with Crippen LogP contribution in [0.25, 0.3) is 10.8 Å². The highest BCUT2D eigenvalue weighted by Crippen LogP contribution is 2.19. The van der Waals surface area contributed by atoms with Crippen LogP contribution in [0.5, 0.6) is 0 Å². The normalized spacial score (nSPS) is 10.6. The van der Waals surface area contributed by atoms with E-state index in [4.69, 9.17) is 0 Å². The molecule has 3 heteroatoms. The monoisotopic (exact) mass is 237 g/mol. The fourth-order valence-electron chi connectivity index (χ4n) is 1.37. The Morgan fingerprint density at radius 2 is 2.15 bits per heavy atom. The molecule has 0 saturated heterocycles. The Hall–Kier alpha value is -1.09. The molecule has 1 aromatic carbocycles. The Morgan fingerprint density at radius 3 is 2.92 bits per heavy atom. The predicted molar refractivity (Wildman–Crippen MR) is 57.0 cm³/mol. The van der Waals surface area contributed by atoms with Crippen LogP contribution in [0.1, 0.15) is 5.56 Å². The molecule has 0 aliphatic heterocycles. The average molecular weight is 238 g/mol. The molecule has 0 aliphatic carbocycles. The summed E-state index contributed by atoms with van der Waals surface area (Å²) in [4.78, 5) is 13.9. The summed E-state index contributed by atoms with van der Waals surface area (Å²) in [5.74, 6) is 0. The smallest absolute Gasteiger partial charge is 0.251 e. The molecule has 1 heterocycles. The number of nitrogens with one attached hydrogen (secondary N) is 1. The lowest BCUT2D eigenvalue weighted by atomic mass is 10.1.